The first-order valence-corrected chi connectivity index (χ1v) is 8.71. The van der Waals surface area contributed by atoms with Crippen LogP contribution < -0.4 is 10.1 Å². The molecule has 0 spiro atoms. The number of fused-ring (bicyclic) bond motifs is 1. The second-order valence-corrected chi connectivity index (χ2v) is 6.75. The maximum atomic E-state index is 12.2. The summed E-state index contributed by atoms with van der Waals surface area (Å²) in [4.78, 5) is 27.8. The van der Waals surface area contributed by atoms with Crippen LogP contribution in [0.3, 0.4) is 0 Å². The molecule has 27 heavy (non-hydrogen) atoms. The van der Waals surface area contributed by atoms with Gasteiger partial charge in [-0.2, -0.15) is 10.2 Å². The minimum absolute atomic E-state index is 0.0831. The van der Waals surface area contributed by atoms with Crippen LogP contribution in [0.25, 0.3) is 11.7 Å². The first-order chi connectivity index (χ1) is 12.9. The van der Waals surface area contributed by atoms with Crippen LogP contribution >= 0.6 is 0 Å². The van der Waals surface area contributed by atoms with E-state index in [1.165, 1.54) is 6.08 Å². The van der Waals surface area contributed by atoms with Gasteiger partial charge in [-0.05, 0) is 50.8 Å². The van der Waals surface area contributed by atoms with E-state index in [9.17, 15) is 9.59 Å². The van der Waals surface area contributed by atoms with Crippen molar-refractivity contribution >= 4 is 29.3 Å². The number of anilines is 1. The Morgan fingerprint density at radius 2 is 2.26 bits per heavy atom. The molecule has 0 atom stereocenters. The number of ether oxygens (including phenoxy) is 1. The fourth-order valence-corrected chi connectivity index (χ4v) is 2.67. The number of amides is 1. The lowest BCUT2D eigenvalue weighted by Crippen LogP contribution is -2.12. The summed E-state index contributed by atoms with van der Waals surface area (Å²) >= 11 is 0. The van der Waals surface area contributed by atoms with Gasteiger partial charge < -0.3 is 15.2 Å². The molecule has 2 aromatic rings. The number of carboxylic acid groups (broad SMARTS) is 1. The molecule has 1 aliphatic carbocycles. The number of nitriles is 1. The van der Waals surface area contributed by atoms with Gasteiger partial charge in [0.05, 0.1) is 11.8 Å². The molecule has 1 amide bonds. The predicted molar refractivity (Wildman–Crippen MR) is 98.2 cm³/mol. The van der Waals surface area contributed by atoms with Crippen molar-refractivity contribution in [3.05, 3.63) is 29.6 Å². The number of nitrogens with one attached hydrogen (secondary N) is 1. The van der Waals surface area contributed by atoms with E-state index in [0.717, 1.165) is 12.8 Å². The van der Waals surface area contributed by atoms with Crippen LogP contribution in [-0.4, -0.2) is 32.5 Å². The van der Waals surface area contributed by atoms with Crippen LogP contribution in [0.15, 0.2) is 23.9 Å². The molecule has 2 aromatic heterocycles. The number of aromatic nitrogens is 2. The van der Waals surface area contributed by atoms with Gasteiger partial charge >= 0.3 is 5.97 Å². The minimum atomic E-state index is -1.34. The largest absolute Gasteiger partial charge is 0.477 e. The molecule has 2 heterocycles. The van der Waals surface area contributed by atoms with Crippen molar-refractivity contribution in [1.29, 1.82) is 5.26 Å². The summed E-state index contributed by atoms with van der Waals surface area (Å²) in [5.41, 5.74) is 0.820. The molecule has 8 nitrogen and oxygen atoms in total. The standard InChI is InChI=1S/C19H20N4O4/c1-11(2)27-18-15(9-13(10-20)19(25)26)23-7-3-4-14(17(23)22-18)21-16(24)8-12-5-6-12/h3-4,7,9,11-12H,5-6,8H2,1-2H3,(H,21,24)(H,25,26). The van der Waals surface area contributed by atoms with Crippen LogP contribution in [0, 0.1) is 17.2 Å². The molecule has 8 heteroatoms. The average molecular weight is 368 g/mol. The Morgan fingerprint density at radius 1 is 1.52 bits per heavy atom. The molecule has 0 saturated heterocycles. The summed E-state index contributed by atoms with van der Waals surface area (Å²) in [6.07, 6.45) is 5.32. The summed E-state index contributed by atoms with van der Waals surface area (Å²) < 4.78 is 7.30. The van der Waals surface area contributed by atoms with Crippen molar-refractivity contribution in [2.45, 2.75) is 39.2 Å². The number of pyridine rings is 1. The Balaban J connectivity index is 2.06. The maximum Gasteiger partial charge on any atom is 0.346 e. The molecule has 3 rings (SSSR count). The normalized spacial score (nSPS) is 14.2. The van der Waals surface area contributed by atoms with Crippen molar-refractivity contribution in [2.75, 3.05) is 5.32 Å². The third-order valence-corrected chi connectivity index (χ3v) is 4.08. The number of aliphatic carboxylic acids is 1. The molecule has 0 radical (unpaired) electrons. The second-order valence-electron chi connectivity index (χ2n) is 6.75. The van der Waals surface area contributed by atoms with Crippen molar-refractivity contribution in [1.82, 2.24) is 9.38 Å². The first kappa shape index (κ1) is 18.5. The van der Waals surface area contributed by atoms with Crippen molar-refractivity contribution in [2.24, 2.45) is 5.92 Å². The Bertz CT molecular complexity index is 964. The SMILES string of the molecule is CC(C)Oc1nc2c(NC(=O)CC3CC3)cccn2c1C=C(C#N)C(=O)O. The lowest BCUT2D eigenvalue weighted by molar-refractivity contribution is -0.132. The first-order valence-electron chi connectivity index (χ1n) is 8.71. The smallest absolute Gasteiger partial charge is 0.346 e. The highest BCUT2D eigenvalue weighted by atomic mass is 16.5. The number of hydrogen-bond donors (Lipinski definition) is 2. The maximum absolute atomic E-state index is 12.2. The van der Waals surface area contributed by atoms with E-state index in [-0.39, 0.29) is 17.9 Å². The molecule has 140 valence electrons. The van der Waals surface area contributed by atoms with Gasteiger partial charge in [-0.25, -0.2) is 4.79 Å². The molecule has 0 bridgehead atoms. The Kier molecular flexibility index (Phi) is 5.12. The van der Waals surface area contributed by atoms with E-state index < -0.39 is 11.5 Å². The Hall–Kier alpha value is -3.34. The molecule has 2 N–H and O–H groups in total. The number of carboxylic acids is 1. The van der Waals surface area contributed by atoms with Crippen molar-refractivity contribution in [3.63, 3.8) is 0 Å². The number of imidazole rings is 1. The number of carbonyl (C=O) groups excluding carboxylic acids is 1. The van der Waals surface area contributed by atoms with Gasteiger partial charge in [-0.15, -0.1) is 0 Å². The third kappa shape index (κ3) is 4.26. The number of rotatable bonds is 7. The fourth-order valence-electron chi connectivity index (χ4n) is 2.67. The van der Waals surface area contributed by atoms with Crippen LogP contribution in [0.2, 0.25) is 0 Å². The highest BCUT2D eigenvalue weighted by Crippen LogP contribution is 2.33. The van der Waals surface area contributed by atoms with Gasteiger partial charge in [0.1, 0.15) is 17.3 Å². The van der Waals surface area contributed by atoms with E-state index in [2.05, 4.69) is 10.3 Å². The summed E-state index contributed by atoms with van der Waals surface area (Å²) in [5, 5.41) is 21.1. The number of nitrogens with zero attached hydrogens (tertiary/aromatic N) is 3. The van der Waals surface area contributed by atoms with Gasteiger partial charge in [0.25, 0.3) is 0 Å². The molecule has 0 aliphatic heterocycles. The van der Waals surface area contributed by atoms with Crippen LogP contribution in [0.5, 0.6) is 5.88 Å². The topological polar surface area (TPSA) is 117 Å². The molecule has 0 aromatic carbocycles. The van der Waals surface area contributed by atoms with Crippen molar-refractivity contribution in [3.8, 4) is 11.9 Å². The zero-order chi connectivity index (χ0) is 19.6. The zero-order valence-electron chi connectivity index (χ0n) is 15.1. The summed E-state index contributed by atoms with van der Waals surface area (Å²) in [6.45, 7) is 3.64. The van der Waals surface area contributed by atoms with E-state index in [1.54, 1.807) is 28.8 Å². The van der Waals surface area contributed by atoms with Crippen LogP contribution in [0.1, 0.15) is 38.8 Å². The van der Waals surface area contributed by atoms with Gasteiger partial charge in [-0.1, -0.05) is 0 Å². The van der Waals surface area contributed by atoms with E-state index in [0.29, 0.717) is 29.4 Å². The molecule has 1 aliphatic rings. The quantitative estimate of drug-likeness (QED) is 0.573. The Labute approximate surface area is 156 Å². The summed E-state index contributed by atoms with van der Waals surface area (Å²) in [5.74, 6) is -0.767. The second kappa shape index (κ2) is 7.50. The van der Waals surface area contributed by atoms with Gasteiger partial charge in [-0.3, -0.25) is 9.20 Å². The summed E-state index contributed by atoms with van der Waals surface area (Å²) in [6, 6.07) is 5.09. The average Bonchev–Trinajstić information content (AvgIpc) is 3.33. The monoisotopic (exact) mass is 368 g/mol. The molecule has 0 unspecified atom stereocenters. The summed E-state index contributed by atoms with van der Waals surface area (Å²) in [7, 11) is 0. The molecule has 1 saturated carbocycles. The van der Waals surface area contributed by atoms with Gasteiger partial charge in [0, 0.05) is 12.6 Å². The van der Waals surface area contributed by atoms with E-state index >= 15 is 0 Å². The fraction of sp³-hybridized carbons (Fsp3) is 0.368. The zero-order valence-corrected chi connectivity index (χ0v) is 15.1. The lowest BCUT2D eigenvalue weighted by atomic mass is 10.2. The van der Waals surface area contributed by atoms with Gasteiger partial charge in [0.2, 0.25) is 11.8 Å². The number of hydrogen-bond acceptors (Lipinski definition) is 5. The van der Waals surface area contributed by atoms with Crippen LogP contribution in [0.4, 0.5) is 5.69 Å². The molecular formula is C19H20N4O4. The van der Waals surface area contributed by atoms with Gasteiger partial charge in [0.15, 0.2) is 5.65 Å². The Morgan fingerprint density at radius 3 is 2.85 bits per heavy atom. The highest BCUT2D eigenvalue weighted by molar-refractivity contribution is 5.97. The highest BCUT2D eigenvalue weighted by Gasteiger charge is 2.25. The third-order valence-electron chi connectivity index (χ3n) is 4.08. The molecular weight excluding hydrogens is 348 g/mol. The van der Waals surface area contributed by atoms with E-state index in [4.69, 9.17) is 15.1 Å². The number of carbonyl (C=O) groups is 2. The molecule has 1 fully saturated rings. The van der Waals surface area contributed by atoms with Crippen LogP contribution in [-0.2, 0) is 9.59 Å². The lowest BCUT2D eigenvalue weighted by Gasteiger charge is -2.07. The minimum Gasteiger partial charge on any atom is -0.477 e. The van der Waals surface area contributed by atoms with Crippen molar-refractivity contribution < 1.29 is 19.4 Å². The van der Waals surface area contributed by atoms with E-state index in [1.807, 2.05) is 13.8 Å². The predicted octanol–water partition coefficient (Wildman–Crippen LogP) is 2.85.